The van der Waals surface area contributed by atoms with Crippen LogP contribution in [0.4, 0.5) is 0 Å². The molecule has 8 nitrogen and oxygen atoms in total. The summed E-state index contributed by atoms with van der Waals surface area (Å²) in [6, 6.07) is 7.73. The van der Waals surface area contributed by atoms with Crippen molar-refractivity contribution in [2.24, 2.45) is 14.1 Å². The van der Waals surface area contributed by atoms with Gasteiger partial charge in [0.05, 0.1) is 13.2 Å². The molecule has 160 valence electrons. The molecule has 1 aromatic carbocycles. The average molecular weight is 495 g/mol. The Morgan fingerprint density at radius 1 is 1.23 bits per heavy atom. The van der Waals surface area contributed by atoms with Gasteiger partial charge in [0, 0.05) is 18.6 Å². The maximum Gasteiger partial charge on any atom is 0.332 e. The third-order valence-electron chi connectivity index (χ3n) is 4.71. The Morgan fingerprint density at radius 2 is 1.97 bits per heavy atom. The van der Waals surface area contributed by atoms with Crippen LogP contribution in [0.5, 0.6) is 0 Å². The van der Waals surface area contributed by atoms with E-state index in [-0.39, 0.29) is 5.97 Å². The van der Waals surface area contributed by atoms with Gasteiger partial charge in [-0.1, -0.05) is 46.7 Å². The van der Waals surface area contributed by atoms with Gasteiger partial charge < -0.3 is 9.30 Å². The number of thioether (sulfide) groups is 1. The molecule has 3 aromatic rings. The van der Waals surface area contributed by atoms with E-state index in [0.717, 1.165) is 14.6 Å². The van der Waals surface area contributed by atoms with E-state index in [4.69, 9.17) is 4.74 Å². The molecule has 0 bridgehead atoms. The van der Waals surface area contributed by atoms with Crippen LogP contribution in [-0.4, -0.2) is 36.5 Å². The van der Waals surface area contributed by atoms with E-state index in [9.17, 15) is 14.4 Å². The number of aromatic nitrogens is 4. The van der Waals surface area contributed by atoms with Gasteiger partial charge in [0.25, 0.3) is 5.56 Å². The molecule has 10 heteroatoms. The number of aryl methyl sites for hydroxylation is 1. The van der Waals surface area contributed by atoms with Crippen molar-refractivity contribution in [1.82, 2.24) is 18.7 Å². The van der Waals surface area contributed by atoms with Crippen LogP contribution < -0.4 is 11.2 Å². The van der Waals surface area contributed by atoms with Gasteiger partial charge in [-0.25, -0.2) is 9.78 Å². The van der Waals surface area contributed by atoms with E-state index in [2.05, 4.69) is 20.9 Å². The van der Waals surface area contributed by atoms with Gasteiger partial charge >= 0.3 is 11.7 Å². The van der Waals surface area contributed by atoms with Gasteiger partial charge in [-0.2, -0.15) is 0 Å². The van der Waals surface area contributed by atoms with Crippen molar-refractivity contribution in [1.29, 1.82) is 0 Å². The third-order valence-corrected chi connectivity index (χ3v) is 6.54. The van der Waals surface area contributed by atoms with Gasteiger partial charge in [0.2, 0.25) is 0 Å². The second-order valence-electron chi connectivity index (χ2n) is 6.76. The van der Waals surface area contributed by atoms with Crippen molar-refractivity contribution in [3.63, 3.8) is 0 Å². The third kappa shape index (κ3) is 4.24. The summed E-state index contributed by atoms with van der Waals surface area (Å²) in [5, 5.41) is 0.0204. The Labute approximate surface area is 186 Å². The predicted molar refractivity (Wildman–Crippen MR) is 120 cm³/mol. The summed E-state index contributed by atoms with van der Waals surface area (Å²) < 4.78 is 10.3. The van der Waals surface area contributed by atoms with Crippen LogP contribution in [0, 0.1) is 0 Å². The molecule has 0 aliphatic heterocycles. The lowest BCUT2D eigenvalue weighted by molar-refractivity contribution is -0.142. The Hall–Kier alpha value is -2.33. The molecule has 30 heavy (non-hydrogen) atoms. The quantitative estimate of drug-likeness (QED) is 0.370. The molecule has 0 saturated carbocycles. The van der Waals surface area contributed by atoms with Crippen molar-refractivity contribution in [3.05, 3.63) is 55.1 Å². The van der Waals surface area contributed by atoms with E-state index in [1.165, 1.54) is 23.4 Å². The van der Waals surface area contributed by atoms with Gasteiger partial charge in [-0.15, -0.1) is 0 Å². The fourth-order valence-electron chi connectivity index (χ4n) is 3.14. The maximum atomic E-state index is 13.0. The summed E-state index contributed by atoms with van der Waals surface area (Å²) in [6.45, 7) is 4.31. The molecule has 0 saturated heterocycles. The van der Waals surface area contributed by atoms with Crippen molar-refractivity contribution in [2.75, 3.05) is 6.61 Å². The Morgan fingerprint density at radius 3 is 2.60 bits per heavy atom. The number of halogens is 1. The smallest absolute Gasteiger partial charge is 0.332 e. The Balaban J connectivity index is 2.21. The molecular formula is C20H23BrN4O4S. The van der Waals surface area contributed by atoms with E-state index < -0.39 is 16.5 Å². The highest BCUT2D eigenvalue weighted by Crippen LogP contribution is 2.29. The maximum absolute atomic E-state index is 13.0. The number of benzene rings is 1. The minimum Gasteiger partial charge on any atom is -0.465 e. The molecule has 0 radical (unpaired) electrons. The van der Waals surface area contributed by atoms with E-state index >= 15 is 0 Å². The standard InChI is InChI=1S/C20H23BrN4O4S/c1-5-14(18(27)29-6-2)30-19-22-16-15(17(26)24(4)20(28)23(16)3)25(19)11-12-8-7-9-13(21)10-12/h7-10,14H,5-6,11H2,1-4H3. The lowest BCUT2D eigenvalue weighted by atomic mass is 10.2. The number of hydrogen-bond acceptors (Lipinski definition) is 6. The number of nitrogens with zero attached hydrogens (tertiary/aromatic N) is 4. The first kappa shape index (κ1) is 22.4. The molecule has 1 unspecified atom stereocenters. The summed E-state index contributed by atoms with van der Waals surface area (Å²) >= 11 is 4.71. The predicted octanol–water partition coefficient (Wildman–Crippen LogP) is 2.68. The molecule has 0 aliphatic rings. The summed E-state index contributed by atoms with van der Waals surface area (Å²) in [6.07, 6.45) is 0.542. The number of carbonyl (C=O) groups is 1. The number of fused-ring (bicyclic) bond motifs is 1. The zero-order valence-electron chi connectivity index (χ0n) is 17.2. The first-order valence-corrected chi connectivity index (χ1v) is 11.2. The summed E-state index contributed by atoms with van der Waals surface area (Å²) in [7, 11) is 3.03. The molecule has 0 aliphatic carbocycles. The number of imidazole rings is 1. The lowest BCUT2D eigenvalue weighted by Gasteiger charge is -2.14. The van der Waals surface area contributed by atoms with E-state index in [1.807, 2.05) is 31.2 Å². The second kappa shape index (κ2) is 9.22. The monoisotopic (exact) mass is 494 g/mol. The molecule has 0 spiro atoms. The number of hydrogen-bond donors (Lipinski definition) is 0. The molecule has 0 N–H and O–H groups in total. The highest BCUT2D eigenvalue weighted by Gasteiger charge is 2.25. The molecule has 2 aromatic heterocycles. The van der Waals surface area contributed by atoms with Gasteiger partial charge in [0.15, 0.2) is 16.3 Å². The van der Waals surface area contributed by atoms with Crippen molar-refractivity contribution in [3.8, 4) is 0 Å². The zero-order valence-corrected chi connectivity index (χ0v) is 19.6. The SMILES string of the molecule is CCOC(=O)C(CC)Sc1nc2c(c(=O)n(C)c(=O)n2C)n1Cc1cccc(Br)c1. The van der Waals surface area contributed by atoms with Gasteiger partial charge in [0.1, 0.15) is 5.25 Å². The highest BCUT2D eigenvalue weighted by atomic mass is 79.9. The first-order chi connectivity index (χ1) is 14.3. The molecule has 3 rings (SSSR count). The zero-order chi connectivity index (χ0) is 22.0. The number of ether oxygens (including phenoxy) is 1. The number of esters is 1. The molecule has 0 amide bonds. The minimum absolute atomic E-state index is 0.291. The van der Waals surface area contributed by atoms with Crippen LogP contribution in [0.3, 0.4) is 0 Å². The normalized spacial score (nSPS) is 12.3. The lowest BCUT2D eigenvalue weighted by Crippen LogP contribution is -2.37. The fourth-order valence-corrected chi connectivity index (χ4v) is 4.60. The Bertz CT molecular complexity index is 1210. The van der Waals surface area contributed by atoms with Crippen LogP contribution in [-0.2, 0) is 30.2 Å². The van der Waals surface area contributed by atoms with Crippen LogP contribution in [0.2, 0.25) is 0 Å². The molecule has 1 atom stereocenters. The van der Waals surface area contributed by atoms with Crippen LogP contribution >= 0.6 is 27.7 Å². The first-order valence-electron chi connectivity index (χ1n) is 9.52. The van der Waals surface area contributed by atoms with Crippen LogP contribution in [0.25, 0.3) is 11.2 Å². The molecule has 2 heterocycles. The molecule has 0 fully saturated rings. The average Bonchev–Trinajstić information content (AvgIpc) is 3.07. The van der Waals surface area contributed by atoms with Gasteiger partial charge in [-0.05, 0) is 31.0 Å². The minimum atomic E-state index is -0.469. The topological polar surface area (TPSA) is 88.1 Å². The second-order valence-corrected chi connectivity index (χ2v) is 8.84. The van der Waals surface area contributed by atoms with Crippen molar-refractivity contribution >= 4 is 44.8 Å². The van der Waals surface area contributed by atoms with Crippen molar-refractivity contribution < 1.29 is 9.53 Å². The summed E-state index contributed by atoms with van der Waals surface area (Å²) in [5.41, 5.74) is 0.686. The number of carbonyl (C=O) groups excluding carboxylic acids is 1. The van der Waals surface area contributed by atoms with Crippen LogP contribution in [0.15, 0.2) is 43.5 Å². The van der Waals surface area contributed by atoms with Crippen molar-refractivity contribution in [2.45, 2.75) is 37.2 Å². The van der Waals surface area contributed by atoms with Gasteiger partial charge in [-0.3, -0.25) is 18.7 Å². The Kier molecular flexibility index (Phi) is 6.87. The van der Waals surface area contributed by atoms with E-state index in [1.54, 1.807) is 18.5 Å². The summed E-state index contributed by atoms with van der Waals surface area (Å²) in [4.78, 5) is 42.3. The van der Waals surface area contributed by atoms with Crippen LogP contribution in [0.1, 0.15) is 25.8 Å². The van der Waals surface area contributed by atoms with E-state index in [0.29, 0.717) is 35.9 Å². The number of rotatable bonds is 7. The summed E-state index contributed by atoms with van der Waals surface area (Å²) in [5.74, 6) is -0.326. The molecular weight excluding hydrogens is 472 g/mol. The highest BCUT2D eigenvalue weighted by molar-refractivity contribution is 9.10. The fraction of sp³-hybridized carbons (Fsp3) is 0.400. The largest absolute Gasteiger partial charge is 0.465 e.